The minimum absolute atomic E-state index is 0.489. The second-order valence-corrected chi connectivity index (χ2v) is 14.7. The van der Waals surface area contributed by atoms with Crippen LogP contribution < -0.4 is 0 Å². The molecule has 0 fully saturated rings. The molecule has 2 aliphatic rings. The van der Waals surface area contributed by atoms with Crippen LogP contribution in [0.1, 0.15) is 22.3 Å². The number of benzene rings is 8. The maximum absolute atomic E-state index is 6.33. The first kappa shape index (κ1) is 29.1. The molecule has 0 unspecified atom stereocenters. The summed E-state index contributed by atoms with van der Waals surface area (Å²) in [5.41, 5.74) is 12.9. The van der Waals surface area contributed by atoms with Crippen LogP contribution in [0.3, 0.4) is 0 Å². The Bertz CT molecular complexity index is 3400. The Morgan fingerprint density at radius 3 is 1.85 bits per heavy atom. The van der Waals surface area contributed by atoms with Crippen LogP contribution in [0.15, 0.2) is 174 Å². The maximum atomic E-state index is 6.33. The predicted molar refractivity (Wildman–Crippen MR) is 221 cm³/mol. The zero-order valence-electron chi connectivity index (χ0n) is 29.4. The molecule has 0 N–H and O–H groups in total. The minimum atomic E-state index is -0.489. The molecule has 0 aliphatic heterocycles. The van der Waals surface area contributed by atoms with Crippen LogP contribution in [0.25, 0.3) is 94.4 Å². The Balaban J connectivity index is 1.18. The molecule has 5 heteroatoms. The molecular formula is C50H28N4O. The first-order valence-corrected chi connectivity index (χ1v) is 18.7. The van der Waals surface area contributed by atoms with Gasteiger partial charge in [-0.25, -0.2) is 4.98 Å². The number of hydrogen-bond acceptors (Lipinski definition) is 4. The van der Waals surface area contributed by atoms with Crippen molar-refractivity contribution in [3.05, 3.63) is 192 Å². The van der Waals surface area contributed by atoms with Crippen molar-refractivity contribution in [3.63, 3.8) is 0 Å². The lowest BCUT2D eigenvalue weighted by atomic mass is 9.63. The first-order chi connectivity index (χ1) is 27.3. The number of fused-ring (bicyclic) bond motifs is 10. The van der Waals surface area contributed by atoms with Gasteiger partial charge in [0, 0.05) is 32.7 Å². The number of hydrogen-bond donors (Lipinski definition) is 0. The van der Waals surface area contributed by atoms with Gasteiger partial charge in [-0.1, -0.05) is 146 Å². The van der Waals surface area contributed by atoms with Crippen molar-refractivity contribution in [1.29, 1.82) is 0 Å². The van der Waals surface area contributed by atoms with Gasteiger partial charge in [-0.05, 0) is 68.4 Å². The predicted octanol–water partition coefficient (Wildman–Crippen LogP) is 12.0. The van der Waals surface area contributed by atoms with E-state index in [4.69, 9.17) is 19.4 Å². The lowest BCUT2D eigenvalue weighted by Crippen LogP contribution is -2.30. The third-order valence-electron chi connectivity index (χ3n) is 12.1. The summed E-state index contributed by atoms with van der Waals surface area (Å²) >= 11 is 0. The summed E-state index contributed by atoms with van der Waals surface area (Å²) in [5, 5.41) is 7.00. The third-order valence-corrected chi connectivity index (χ3v) is 12.1. The molecule has 0 saturated carbocycles. The molecule has 3 heterocycles. The molecule has 55 heavy (non-hydrogen) atoms. The molecule has 13 rings (SSSR count). The zero-order valence-corrected chi connectivity index (χ0v) is 29.4. The fraction of sp³-hybridized carbons (Fsp3) is 0.0200. The number of para-hydroxylation sites is 1. The molecule has 0 atom stereocenters. The van der Waals surface area contributed by atoms with Gasteiger partial charge >= 0.3 is 0 Å². The van der Waals surface area contributed by atoms with E-state index in [0.29, 0.717) is 17.6 Å². The number of nitrogens with zero attached hydrogens (tertiary/aromatic N) is 4. The summed E-state index contributed by atoms with van der Waals surface area (Å²) in [6, 6.07) is 60.6. The van der Waals surface area contributed by atoms with Crippen molar-refractivity contribution in [1.82, 2.24) is 19.5 Å². The van der Waals surface area contributed by atoms with Crippen molar-refractivity contribution < 1.29 is 4.42 Å². The molecular weight excluding hydrogens is 673 g/mol. The lowest BCUT2D eigenvalue weighted by molar-refractivity contribution is 0.669. The van der Waals surface area contributed by atoms with E-state index in [0.717, 1.165) is 44.1 Å². The molecule has 0 bridgehead atoms. The van der Waals surface area contributed by atoms with Crippen LogP contribution in [0.5, 0.6) is 0 Å². The van der Waals surface area contributed by atoms with E-state index in [9.17, 15) is 0 Å². The van der Waals surface area contributed by atoms with Crippen molar-refractivity contribution in [2.45, 2.75) is 5.41 Å². The second kappa shape index (κ2) is 10.4. The number of rotatable bonds is 3. The molecule has 0 saturated heterocycles. The van der Waals surface area contributed by atoms with Gasteiger partial charge < -0.3 is 4.42 Å². The average Bonchev–Trinajstić information content (AvgIpc) is 3.90. The molecule has 1 spiro atoms. The highest BCUT2D eigenvalue weighted by molar-refractivity contribution is 6.26. The van der Waals surface area contributed by atoms with E-state index in [1.165, 1.54) is 54.9 Å². The van der Waals surface area contributed by atoms with Gasteiger partial charge in [-0.15, -0.1) is 0 Å². The van der Waals surface area contributed by atoms with Crippen molar-refractivity contribution in [2.75, 3.05) is 0 Å². The van der Waals surface area contributed by atoms with E-state index in [-0.39, 0.29) is 0 Å². The van der Waals surface area contributed by atoms with E-state index in [1.54, 1.807) is 0 Å². The summed E-state index contributed by atoms with van der Waals surface area (Å²) in [4.78, 5) is 15.9. The zero-order chi connectivity index (χ0) is 35.8. The highest BCUT2D eigenvalue weighted by Crippen LogP contribution is 2.62. The standard InChI is InChI=1S/C50H28N4O/c1-2-13-30(14-3-1)47-51-48(34-19-11-26-42-44(34)33-18-6-9-25-41(33)55-42)53-49(52-47)54-39-24-12-23-38-45(39)46-40(54)28-27-29-15-10-22-37(43(29)46)50(38)35-20-7-4-16-31(35)32-17-5-8-21-36(32)50/h1-28H. The van der Waals surface area contributed by atoms with E-state index < -0.39 is 5.41 Å². The summed E-state index contributed by atoms with van der Waals surface area (Å²) < 4.78 is 8.59. The lowest BCUT2D eigenvalue weighted by Gasteiger charge is -2.37. The normalized spacial score (nSPS) is 13.6. The first-order valence-electron chi connectivity index (χ1n) is 18.7. The van der Waals surface area contributed by atoms with Gasteiger partial charge in [-0.3, -0.25) is 4.57 Å². The second-order valence-electron chi connectivity index (χ2n) is 14.7. The van der Waals surface area contributed by atoms with Gasteiger partial charge in [0.15, 0.2) is 11.6 Å². The molecule has 0 amide bonds. The van der Waals surface area contributed by atoms with Crippen LogP contribution in [0.4, 0.5) is 0 Å². The summed E-state index contributed by atoms with van der Waals surface area (Å²) in [7, 11) is 0. The van der Waals surface area contributed by atoms with Gasteiger partial charge in [0.05, 0.1) is 16.4 Å². The maximum Gasteiger partial charge on any atom is 0.238 e. The molecule has 254 valence electrons. The Kier molecular flexibility index (Phi) is 5.51. The van der Waals surface area contributed by atoms with E-state index >= 15 is 0 Å². The quantitative estimate of drug-likeness (QED) is 0.184. The number of aromatic nitrogens is 4. The molecule has 3 aromatic heterocycles. The molecule has 8 aromatic carbocycles. The van der Waals surface area contributed by atoms with Gasteiger partial charge in [0.1, 0.15) is 11.2 Å². The SMILES string of the molecule is c1ccc(-c2nc(-c3cccc4oc5ccccc5c34)nc(-n3c4cccc5c4c4c6c(cccc6ccc43)C53c4ccccc4-c4ccccc43)n2)cc1. The number of furan rings is 1. The van der Waals surface area contributed by atoms with Gasteiger partial charge in [0.25, 0.3) is 0 Å². The van der Waals surface area contributed by atoms with Gasteiger partial charge in [0.2, 0.25) is 5.95 Å². The topological polar surface area (TPSA) is 56.7 Å². The van der Waals surface area contributed by atoms with Crippen LogP contribution in [-0.4, -0.2) is 19.5 Å². The molecule has 0 radical (unpaired) electrons. The Labute approximate surface area is 314 Å². The Hall–Kier alpha value is -7.37. The monoisotopic (exact) mass is 700 g/mol. The average molecular weight is 701 g/mol. The summed E-state index contributed by atoms with van der Waals surface area (Å²) in [6.07, 6.45) is 0. The molecule has 5 nitrogen and oxygen atoms in total. The van der Waals surface area contributed by atoms with Gasteiger partial charge in [-0.2, -0.15) is 9.97 Å². The fourth-order valence-electron chi connectivity index (χ4n) is 9.99. The minimum Gasteiger partial charge on any atom is -0.456 e. The molecule has 2 aliphatic carbocycles. The highest BCUT2D eigenvalue weighted by atomic mass is 16.3. The third kappa shape index (κ3) is 3.60. The van der Waals surface area contributed by atoms with Crippen molar-refractivity contribution in [3.8, 4) is 39.9 Å². The Morgan fingerprint density at radius 1 is 0.400 bits per heavy atom. The molecule has 11 aromatic rings. The fourth-order valence-corrected chi connectivity index (χ4v) is 9.99. The van der Waals surface area contributed by atoms with Crippen molar-refractivity contribution in [2.24, 2.45) is 0 Å². The van der Waals surface area contributed by atoms with E-state index in [1.807, 2.05) is 48.5 Å². The van der Waals surface area contributed by atoms with Crippen LogP contribution >= 0.6 is 0 Å². The summed E-state index contributed by atoms with van der Waals surface area (Å²) in [5.74, 6) is 1.78. The van der Waals surface area contributed by atoms with Crippen LogP contribution in [0, 0.1) is 0 Å². The van der Waals surface area contributed by atoms with E-state index in [2.05, 4.69) is 126 Å². The van der Waals surface area contributed by atoms with Crippen molar-refractivity contribution >= 4 is 54.5 Å². The van der Waals surface area contributed by atoms with Crippen LogP contribution in [0.2, 0.25) is 0 Å². The smallest absolute Gasteiger partial charge is 0.238 e. The van der Waals surface area contributed by atoms with Crippen LogP contribution in [-0.2, 0) is 5.41 Å². The highest BCUT2D eigenvalue weighted by Gasteiger charge is 2.50. The summed E-state index contributed by atoms with van der Waals surface area (Å²) in [6.45, 7) is 0. The largest absolute Gasteiger partial charge is 0.456 e. The Morgan fingerprint density at radius 2 is 1.02 bits per heavy atom.